The van der Waals surface area contributed by atoms with Crippen molar-refractivity contribution in [1.82, 2.24) is 14.5 Å². The van der Waals surface area contributed by atoms with E-state index in [-0.39, 0.29) is 0 Å². The molecule has 1 aliphatic rings. The molecule has 4 nitrogen and oxygen atoms in total. The van der Waals surface area contributed by atoms with Crippen LogP contribution in [-0.2, 0) is 10.6 Å². The van der Waals surface area contributed by atoms with E-state index >= 15 is 0 Å². The van der Waals surface area contributed by atoms with Gasteiger partial charge in [0.2, 0.25) is 0 Å². The lowest BCUT2D eigenvalue weighted by atomic mass is 10.2. The summed E-state index contributed by atoms with van der Waals surface area (Å²) in [7, 11) is 0. The van der Waals surface area contributed by atoms with E-state index < -0.39 is 0 Å². The molecule has 1 saturated heterocycles. The van der Waals surface area contributed by atoms with Crippen LogP contribution in [0.25, 0.3) is 11.0 Å². The second kappa shape index (κ2) is 6.34. The average Bonchev–Trinajstić information content (AvgIpc) is 2.86. The zero-order valence-corrected chi connectivity index (χ0v) is 13.4. The van der Waals surface area contributed by atoms with Gasteiger partial charge in [0.1, 0.15) is 5.82 Å². The van der Waals surface area contributed by atoms with Crippen LogP contribution in [0.5, 0.6) is 0 Å². The predicted octanol–water partition coefficient (Wildman–Crippen LogP) is 2.98. The van der Waals surface area contributed by atoms with Gasteiger partial charge in [-0.2, -0.15) is 0 Å². The van der Waals surface area contributed by atoms with Gasteiger partial charge in [-0.05, 0) is 31.5 Å². The molecule has 5 heteroatoms. The van der Waals surface area contributed by atoms with Crippen molar-refractivity contribution >= 4 is 22.6 Å². The fourth-order valence-corrected chi connectivity index (χ4v) is 3.27. The summed E-state index contributed by atoms with van der Waals surface area (Å²) in [5, 5.41) is 0. The molecule has 0 bridgehead atoms. The maximum atomic E-state index is 6.11. The minimum Gasteiger partial charge on any atom is -0.379 e. The van der Waals surface area contributed by atoms with Gasteiger partial charge in [-0.1, -0.05) is 6.07 Å². The molecular formula is C16H22ClN3O. The number of ether oxygens (including phenoxy) is 1. The Balaban J connectivity index is 1.91. The lowest BCUT2D eigenvalue weighted by Gasteiger charge is -2.30. The van der Waals surface area contributed by atoms with Gasteiger partial charge in [0.25, 0.3) is 0 Å². The quantitative estimate of drug-likeness (QED) is 0.814. The molecule has 1 fully saturated rings. The highest BCUT2D eigenvalue weighted by molar-refractivity contribution is 6.16. The van der Waals surface area contributed by atoms with Crippen molar-refractivity contribution in [1.29, 1.82) is 0 Å². The van der Waals surface area contributed by atoms with Crippen molar-refractivity contribution in [2.45, 2.75) is 25.8 Å². The Bertz CT molecular complexity index is 619. The first-order valence-corrected chi connectivity index (χ1v) is 8.06. The Hall–Kier alpha value is -1.10. The molecular weight excluding hydrogens is 286 g/mol. The second-order valence-electron chi connectivity index (χ2n) is 5.79. The Kier molecular flexibility index (Phi) is 4.48. The third-order valence-electron chi connectivity index (χ3n) is 4.10. The zero-order chi connectivity index (χ0) is 14.8. The van der Waals surface area contributed by atoms with Crippen LogP contribution < -0.4 is 0 Å². The van der Waals surface area contributed by atoms with Gasteiger partial charge in [0.15, 0.2) is 0 Å². The zero-order valence-electron chi connectivity index (χ0n) is 12.7. The molecule has 1 atom stereocenters. The van der Waals surface area contributed by atoms with Gasteiger partial charge in [0, 0.05) is 25.7 Å². The molecule has 1 aromatic carbocycles. The van der Waals surface area contributed by atoms with E-state index in [2.05, 4.69) is 46.5 Å². The first kappa shape index (κ1) is 14.8. The number of nitrogens with zero attached hydrogens (tertiary/aromatic N) is 3. The van der Waals surface area contributed by atoms with Crippen molar-refractivity contribution < 1.29 is 4.74 Å². The van der Waals surface area contributed by atoms with Gasteiger partial charge >= 0.3 is 0 Å². The number of aromatic nitrogens is 2. The van der Waals surface area contributed by atoms with Crippen molar-refractivity contribution in [3.63, 3.8) is 0 Å². The van der Waals surface area contributed by atoms with Crippen LogP contribution in [0.1, 0.15) is 24.4 Å². The molecule has 114 valence electrons. The summed E-state index contributed by atoms with van der Waals surface area (Å²) in [6.07, 6.45) is 0. The third-order valence-corrected chi connectivity index (χ3v) is 4.34. The number of hydrogen-bond acceptors (Lipinski definition) is 3. The number of hydrogen-bond donors (Lipinski definition) is 0. The molecule has 0 saturated carbocycles. The average molecular weight is 308 g/mol. The highest BCUT2D eigenvalue weighted by Gasteiger charge is 2.19. The largest absolute Gasteiger partial charge is 0.379 e. The maximum absolute atomic E-state index is 6.11. The van der Waals surface area contributed by atoms with Crippen molar-refractivity contribution in [2.75, 3.05) is 32.8 Å². The van der Waals surface area contributed by atoms with Gasteiger partial charge in [-0.15, -0.1) is 11.6 Å². The van der Waals surface area contributed by atoms with Crippen molar-refractivity contribution in [3.05, 3.63) is 29.6 Å². The van der Waals surface area contributed by atoms with Crippen molar-refractivity contribution in [3.8, 4) is 0 Å². The van der Waals surface area contributed by atoms with Crippen LogP contribution in [0.15, 0.2) is 18.2 Å². The molecule has 1 aromatic heterocycles. The number of rotatable bonds is 4. The number of halogens is 1. The first-order valence-electron chi connectivity index (χ1n) is 7.52. The number of morpholine rings is 1. The molecule has 3 rings (SSSR count). The highest BCUT2D eigenvalue weighted by atomic mass is 35.5. The number of fused-ring (bicyclic) bond motifs is 1. The smallest absolute Gasteiger partial charge is 0.125 e. The standard InChI is InChI=1S/C16H22ClN3O/c1-12-3-4-14-15(9-12)20(16(10-17)18-14)13(2)11-19-5-7-21-8-6-19/h3-4,9,13H,5-8,10-11H2,1-2H3. The van der Waals surface area contributed by atoms with Gasteiger partial charge < -0.3 is 9.30 Å². The SMILES string of the molecule is Cc1ccc2nc(CCl)n(C(C)CN3CCOCC3)c2c1. The number of imidazole rings is 1. The Labute approximate surface area is 130 Å². The summed E-state index contributed by atoms with van der Waals surface area (Å²) in [5.41, 5.74) is 3.47. The van der Waals surface area contributed by atoms with E-state index in [0.29, 0.717) is 11.9 Å². The van der Waals surface area contributed by atoms with Crippen LogP contribution in [-0.4, -0.2) is 47.3 Å². The number of aryl methyl sites for hydroxylation is 1. The first-order chi connectivity index (χ1) is 10.2. The van der Waals surface area contributed by atoms with E-state index in [1.807, 2.05) is 0 Å². The van der Waals surface area contributed by atoms with Crippen LogP contribution in [0.4, 0.5) is 0 Å². The third kappa shape index (κ3) is 3.07. The lowest BCUT2D eigenvalue weighted by Crippen LogP contribution is -2.39. The van der Waals surface area contributed by atoms with E-state index in [1.54, 1.807) is 0 Å². The van der Waals surface area contributed by atoms with Gasteiger partial charge in [0.05, 0.1) is 30.1 Å². The van der Waals surface area contributed by atoms with Crippen LogP contribution in [0.3, 0.4) is 0 Å². The molecule has 0 aliphatic carbocycles. The number of benzene rings is 1. The van der Waals surface area contributed by atoms with Crippen LogP contribution >= 0.6 is 11.6 Å². The highest BCUT2D eigenvalue weighted by Crippen LogP contribution is 2.24. The van der Waals surface area contributed by atoms with Crippen molar-refractivity contribution in [2.24, 2.45) is 0 Å². The van der Waals surface area contributed by atoms with E-state index in [1.165, 1.54) is 11.1 Å². The summed E-state index contributed by atoms with van der Waals surface area (Å²) in [6, 6.07) is 6.74. The summed E-state index contributed by atoms with van der Waals surface area (Å²) in [5.74, 6) is 1.40. The van der Waals surface area contributed by atoms with E-state index in [4.69, 9.17) is 16.3 Å². The van der Waals surface area contributed by atoms with Gasteiger partial charge in [-0.25, -0.2) is 4.98 Å². The van der Waals surface area contributed by atoms with Crippen LogP contribution in [0.2, 0.25) is 0 Å². The predicted molar refractivity (Wildman–Crippen MR) is 86.0 cm³/mol. The summed E-state index contributed by atoms with van der Waals surface area (Å²) >= 11 is 6.11. The molecule has 2 heterocycles. The molecule has 0 spiro atoms. The van der Waals surface area contributed by atoms with Gasteiger partial charge in [-0.3, -0.25) is 4.90 Å². The second-order valence-corrected chi connectivity index (χ2v) is 6.05. The Morgan fingerprint density at radius 1 is 1.33 bits per heavy atom. The summed E-state index contributed by atoms with van der Waals surface area (Å²) in [6.45, 7) is 9.04. The van der Waals surface area contributed by atoms with E-state index in [9.17, 15) is 0 Å². The summed E-state index contributed by atoms with van der Waals surface area (Å²) in [4.78, 5) is 7.13. The molecule has 1 unspecified atom stereocenters. The molecule has 0 amide bonds. The normalized spacial score (nSPS) is 18.2. The maximum Gasteiger partial charge on any atom is 0.125 e. The molecule has 1 aliphatic heterocycles. The molecule has 2 aromatic rings. The fraction of sp³-hybridized carbons (Fsp3) is 0.562. The molecule has 21 heavy (non-hydrogen) atoms. The minimum atomic E-state index is 0.351. The van der Waals surface area contributed by atoms with Crippen LogP contribution in [0, 0.1) is 6.92 Å². The minimum absolute atomic E-state index is 0.351. The Morgan fingerprint density at radius 2 is 2.10 bits per heavy atom. The molecule has 0 radical (unpaired) electrons. The van der Waals surface area contributed by atoms with E-state index in [0.717, 1.165) is 44.2 Å². The Morgan fingerprint density at radius 3 is 2.81 bits per heavy atom. The fourth-order valence-electron chi connectivity index (χ4n) is 3.08. The lowest BCUT2D eigenvalue weighted by molar-refractivity contribution is 0.0326. The monoisotopic (exact) mass is 307 g/mol. The summed E-state index contributed by atoms with van der Waals surface area (Å²) < 4.78 is 7.72. The molecule has 0 N–H and O–H groups in total. The topological polar surface area (TPSA) is 30.3 Å². The number of alkyl halides is 1.